The van der Waals surface area contributed by atoms with Crippen LogP contribution in [0.3, 0.4) is 0 Å². The Kier molecular flexibility index (Phi) is 3.54. The highest BCUT2D eigenvalue weighted by Gasteiger charge is 2.11. The zero-order valence-electron chi connectivity index (χ0n) is 10.3. The highest BCUT2D eigenvalue weighted by Crippen LogP contribution is 2.18. The minimum absolute atomic E-state index is 0.145. The van der Waals surface area contributed by atoms with E-state index in [0.29, 0.717) is 0 Å². The monoisotopic (exact) mass is 230 g/mol. The van der Waals surface area contributed by atoms with Gasteiger partial charge in [0.1, 0.15) is 0 Å². The fourth-order valence-corrected chi connectivity index (χ4v) is 1.83. The van der Waals surface area contributed by atoms with Crippen molar-refractivity contribution in [1.29, 1.82) is 0 Å². The molecule has 4 nitrogen and oxygen atoms in total. The zero-order valence-corrected chi connectivity index (χ0v) is 10.3. The highest BCUT2D eigenvalue weighted by molar-refractivity contribution is 5.28. The summed E-state index contributed by atoms with van der Waals surface area (Å²) in [5.74, 6) is 0. The third-order valence-electron chi connectivity index (χ3n) is 2.72. The Labute approximate surface area is 101 Å². The first-order valence-electron chi connectivity index (χ1n) is 5.90. The number of aryl methyl sites for hydroxylation is 2. The summed E-state index contributed by atoms with van der Waals surface area (Å²) in [6.45, 7) is 5.08. The van der Waals surface area contributed by atoms with Crippen LogP contribution in [0.25, 0.3) is 0 Å². The van der Waals surface area contributed by atoms with Crippen molar-refractivity contribution in [2.75, 3.05) is 0 Å². The van der Waals surface area contributed by atoms with Crippen LogP contribution in [0, 0.1) is 6.92 Å². The van der Waals surface area contributed by atoms with Gasteiger partial charge in [0.15, 0.2) is 0 Å². The van der Waals surface area contributed by atoms with Gasteiger partial charge < -0.3 is 5.73 Å². The van der Waals surface area contributed by atoms with Crippen molar-refractivity contribution < 1.29 is 0 Å². The van der Waals surface area contributed by atoms with Gasteiger partial charge in [-0.3, -0.25) is 9.67 Å². The summed E-state index contributed by atoms with van der Waals surface area (Å²) in [7, 11) is 0. The third-order valence-corrected chi connectivity index (χ3v) is 2.72. The molecule has 2 rings (SSSR count). The van der Waals surface area contributed by atoms with Crippen LogP contribution in [0.1, 0.15) is 36.1 Å². The van der Waals surface area contributed by atoms with Crippen molar-refractivity contribution in [2.24, 2.45) is 5.73 Å². The Morgan fingerprint density at radius 1 is 1.29 bits per heavy atom. The van der Waals surface area contributed by atoms with E-state index < -0.39 is 0 Å². The van der Waals surface area contributed by atoms with Gasteiger partial charge in [0.25, 0.3) is 0 Å². The van der Waals surface area contributed by atoms with Crippen molar-refractivity contribution in [3.63, 3.8) is 0 Å². The van der Waals surface area contributed by atoms with Gasteiger partial charge in [-0.05, 0) is 24.5 Å². The fourth-order valence-electron chi connectivity index (χ4n) is 1.83. The number of rotatable bonds is 4. The number of hydrogen-bond donors (Lipinski definition) is 1. The molecule has 0 aromatic carbocycles. The second-order valence-electron chi connectivity index (χ2n) is 4.31. The molecule has 0 fully saturated rings. The molecule has 0 radical (unpaired) electrons. The van der Waals surface area contributed by atoms with Crippen molar-refractivity contribution >= 4 is 0 Å². The SMILES string of the molecule is CCCn1cc(C(N)c2cncc(C)c2)cn1. The van der Waals surface area contributed by atoms with E-state index in [2.05, 4.69) is 23.1 Å². The van der Waals surface area contributed by atoms with Gasteiger partial charge >= 0.3 is 0 Å². The van der Waals surface area contributed by atoms with Crippen LogP contribution in [0.2, 0.25) is 0 Å². The fraction of sp³-hybridized carbons (Fsp3) is 0.385. The number of aromatic nitrogens is 3. The molecule has 2 heterocycles. The largest absolute Gasteiger partial charge is 0.320 e. The molecule has 90 valence electrons. The maximum absolute atomic E-state index is 6.20. The Morgan fingerprint density at radius 2 is 2.12 bits per heavy atom. The number of pyridine rings is 1. The number of nitrogens with zero attached hydrogens (tertiary/aromatic N) is 3. The van der Waals surface area contributed by atoms with Gasteiger partial charge in [-0.25, -0.2) is 0 Å². The lowest BCUT2D eigenvalue weighted by atomic mass is 10.0. The minimum Gasteiger partial charge on any atom is -0.320 e. The lowest BCUT2D eigenvalue weighted by molar-refractivity contribution is 0.602. The van der Waals surface area contributed by atoms with E-state index in [1.807, 2.05) is 36.4 Å². The summed E-state index contributed by atoms with van der Waals surface area (Å²) in [4.78, 5) is 4.17. The predicted octanol–water partition coefficient (Wildman–Crippen LogP) is 2.04. The first kappa shape index (κ1) is 11.8. The molecule has 0 spiro atoms. The van der Waals surface area contributed by atoms with E-state index >= 15 is 0 Å². The first-order valence-corrected chi connectivity index (χ1v) is 5.90. The van der Waals surface area contributed by atoms with Crippen LogP contribution >= 0.6 is 0 Å². The molecule has 17 heavy (non-hydrogen) atoms. The molecular weight excluding hydrogens is 212 g/mol. The Balaban J connectivity index is 2.21. The molecule has 0 saturated heterocycles. The summed E-state index contributed by atoms with van der Waals surface area (Å²) in [5, 5.41) is 4.29. The number of hydrogen-bond acceptors (Lipinski definition) is 3. The summed E-state index contributed by atoms with van der Waals surface area (Å²) in [5.41, 5.74) is 9.39. The molecule has 0 aliphatic rings. The van der Waals surface area contributed by atoms with Gasteiger partial charge in [0, 0.05) is 30.7 Å². The Morgan fingerprint density at radius 3 is 2.82 bits per heavy atom. The quantitative estimate of drug-likeness (QED) is 0.874. The summed E-state index contributed by atoms with van der Waals surface area (Å²) >= 11 is 0. The van der Waals surface area contributed by atoms with E-state index in [0.717, 1.165) is 29.7 Å². The second-order valence-corrected chi connectivity index (χ2v) is 4.31. The molecule has 4 heteroatoms. The van der Waals surface area contributed by atoms with Gasteiger partial charge in [0.05, 0.1) is 12.2 Å². The van der Waals surface area contributed by atoms with E-state index in [1.165, 1.54) is 0 Å². The van der Waals surface area contributed by atoms with Crippen LogP contribution in [0.15, 0.2) is 30.9 Å². The third kappa shape index (κ3) is 2.71. The second kappa shape index (κ2) is 5.10. The van der Waals surface area contributed by atoms with Crippen LogP contribution in [0.5, 0.6) is 0 Å². The summed E-state index contributed by atoms with van der Waals surface area (Å²) < 4.78 is 1.93. The topological polar surface area (TPSA) is 56.7 Å². The van der Waals surface area contributed by atoms with Gasteiger partial charge in [0.2, 0.25) is 0 Å². The minimum atomic E-state index is -0.145. The van der Waals surface area contributed by atoms with Gasteiger partial charge in [-0.1, -0.05) is 13.0 Å². The lowest BCUT2D eigenvalue weighted by Crippen LogP contribution is -2.11. The molecule has 2 aromatic rings. The standard InChI is InChI=1S/C13H18N4/c1-3-4-17-9-12(8-16-17)13(14)11-5-10(2)6-15-7-11/h5-9,13H,3-4,14H2,1-2H3. The van der Waals surface area contributed by atoms with Crippen molar-refractivity contribution in [1.82, 2.24) is 14.8 Å². The predicted molar refractivity (Wildman–Crippen MR) is 67.5 cm³/mol. The van der Waals surface area contributed by atoms with Gasteiger partial charge in [-0.15, -0.1) is 0 Å². The first-order chi connectivity index (χ1) is 8.20. The van der Waals surface area contributed by atoms with Crippen molar-refractivity contribution in [3.8, 4) is 0 Å². The van der Waals surface area contributed by atoms with Crippen LogP contribution in [-0.2, 0) is 6.54 Å². The maximum Gasteiger partial charge on any atom is 0.0598 e. The molecule has 0 saturated carbocycles. The highest BCUT2D eigenvalue weighted by atomic mass is 15.3. The maximum atomic E-state index is 6.20. The molecule has 2 aromatic heterocycles. The normalized spacial score (nSPS) is 12.6. The number of nitrogens with two attached hydrogens (primary N) is 1. The molecular formula is C13H18N4. The van der Waals surface area contributed by atoms with E-state index in [-0.39, 0.29) is 6.04 Å². The summed E-state index contributed by atoms with van der Waals surface area (Å²) in [6, 6.07) is 1.92. The van der Waals surface area contributed by atoms with Crippen molar-refractivity contribution in [3.05, 3.63) is 47.5 Å². The van der Waals surface area contributed by atoms with Crippen molar-refractivity contribution in [2.45, 2.75) is 32.9 Å². The average Bonchev–Trinajstić information content (AvgIpc) is 2.77. The van der Waals surface area contributed by atoms with Crippen LogP contribution in [-0.4, -0.2) is 14.8 Å². The Hall–Kier alpha value is -1.68. The molecule has 0 bridgehead atoms. The smallest absolute Gasteiger partial charge is 0.0598 e. The molecule has 2 N–H and O–H groups in total. The Bertz CT molecular complexity index is 490. The van der Waals surface area contributed by atoms with Gasteiger partial charge in [-0.2, -0.15) is 5.10 Å². The lowest BCUT2D eigenvalue weighted by Gasteiger charge is -2.09. The molecule has 0 amide bonds. The molecule has 0 aliphatic heterocycles. The molecule has 1 unspecified atom stereocenters. The van der Waals surface area contributed by atoms with Crippen LogP contribution < -0.4 is 5.73 Å². The van der Waals surface area contributed by atoms with E-state index in [1.54, 1.807) is 0 Å². The molecule has 1 atom stereocenters. The average molecular weight is 230 g/mol. The zero-order chi connectivity index (χ0) is 12.3. The van der Waals surface area contributed by atoms with E-state index in [9.17, 15) is 0 Å². The molecule has 0 aliphatic carbocycles. The van der Waals surface area contributed by atoms with E-state index in [4.69, 9.17) is 5.73 Å². The van der Waals surface area contributed by atoms with Crippen LogP contribution in [0.4, 0.5) is 0 Å². The summed E-state index contributed by atoms with van der Waals surface area (Å²) in [6.07, 6.45) is 8.56.